The van der Waals surface area contributed by atoms with Crippen LogP contribution in [0.5, 0.6) is 0 Å². The van der Waals surface area contributed by atoms with Crippen LogP contribution < -0.4 is 17.0 Å². The maximum Gasteiger partial charge on any atom is 0.329 e. The van der Waals surface area contributed by atoms with Gasteiger partial charge in [-0.05, 0) is 19.8 Å². The van der Waals surface area contributed by atoms with Crippen molar-refractivity contribution in [1.82, 2.24) is 9.55 Å². The number of nitrogens with one attached hydrogen (secondary N) is 1. The smallest absolute Gasteiger partial charge is 0.329 e. The minimum atomic E-state index is -1.22. The number of benzene rings is 1. The predicted molar refractivity (Wildman–Crippen MR) is 66.2 cm³/mol. The normalized spacial score (nSPS) is 15.1. The van der Waals surface area contributed by atoms with Crippen LogP contribution in [0, 0.1) is 18.6 Å². The molecular weight excluding hydrogens is 256 g/mol. The van der Waals surface area contributed by atoms with Crippen LogP contribution in [0.15, 0.2) is 9.59 Å². The van der Waals surface area contributed by atoms with Gasteiger partial charge in [-0.25, -0.2) is 13.6 Å². The van der Waals surface area contributed by atoms with Crippen molar-refractivity contribution in [3.05, 3.63) is 38.0 Å². The SMILES string of the molecule is Cc1c(F)c(F)c(N)c2c1c(=O)[nH]c(=O)n2C1CC1. The maximum atomic E-state index is 13.7. The van der Waals surface area contributed by atoms with Gasteiger partial charge in [0, 0.05) is 11.6 Å². The van der Waals surface area contributed by atoms with Gasteiger partial charge in [0.1, 0.15) is 0 Å². The highest BCUT2D eigenvalue weighted by Gasteiger charge is 2.30. The Morgan fingerprint density at radius 2 is 1.89 bits per heavy atom. The van der Waals surface area contributed by atoms with Gasteiger partial charge in [0.15, 0.2) is 11.6 Å². The summed E-state index contributed by atoms with van der Waals surface area (Å²) in [5.41, 5.74) is 3.53. The highest BCUT2D eigenvalue weighted by Crippen LogP contribution is 2.37. The monoisotopic (exact) mass is 267 g/mol. The van der Waals surface area contributed by atoms with Crippen molar-refractivity contribution in [2.45, 2.75) is 25.8 Å². The average Bonchev–Trinajstić information content (AvgIpc) is 3.17. The maximum absolute atomic E-state index is 13.7. The van der Waals surface area contributed by atoms with E-state index >= 15 is 0 Å². The molecule has 2 aromatic rings. The molecule has 0 unspecified atom stereocenters. The molecule has 0 spiro atoms. The summed E-state index contributed by atoms with van der Waals surface area (Å²) in [5, 5.41) is -0.0668. The number of hydrogen-bond acceptors (Lipinski definition) is 3. The molecule has 1 heterocycles. The van der Waals surface area contributed by atoms with Crippen LogP contribution in [0.4, 0.5) is 14.5 Å². The third kappa shape index (κ3) is 1.50. The molecule has 0 aliphatic heterocycles. The molecule has 3 N–H and O–H groups in total. The van der Waals surface area contributed by atoms with Crippen molar-refractivity contribution in [1.29, 1.82) is 0 Å². The van der Waals surface area contributed by atoms with E-state index in [0.29, 0.717) is 0 Å². The first-order valence-electron chi connectivity index (χ1n) is 5.85. The van der Waals surface area contributed by atoms with Crippen molar-refractivity contribution < 1.29 is 8.78 Å². The number of aryl methyl sites for hydroxylation is 1. The third-order valence-corrected chi connectivity index (χ3v) is 3.44. The van der Waals surface area contributed by atoms with Crippen LogP contribution in [0.25, 0.3) is 10.9 Å². The molecule has 0 saturated heterocycles. The summed E-state index contributed by atoms with van der Waals surface area (Å²) in [6.45, 7) is 1.29. The van der Waals surface area contributed by atoms with Gasteiger partial charge in [0.25, 0.3) is 5.56 Å². The quantitative estimate of drug-likeness (QED) is 0.762. The lowest BCUT2D eigenvalue weighted by molar-refractivity contribution is 0.507. The van der Waals surface area contributed by atoms with Gasteiger partial charge < -0.3 is 5.73 Å². The fourth-order valence-corrected chi connectivity index (χ4v) is 2.34. The van der Waals surface area contributed by atoms with Crippen LogP contribution in [-0.2, 0) is 0 Å². The Labute approximate surface area is 105 Å². The van der Waals surface area contributed by atoms with Gasteiger partial charge in [-0.3, -0.25) is 14.3 Å². The van der Waals surface area contributed by atoms with E-state index in [4.69, 9.17) is 5.73 Å². The largest absolute Gasteiger partial charge is 0.395 e. The fraction of sp³-hybridized carbons (Fsp3) is 0.333. The van der Waals surface area contributed by atoms with Crippen molar-refractivity contribution in [2.24, 2.45) is 0 Å². The number of nitrogen functional groups attached to an aromatic ring is 1. The second-order valence-electron chi connectivity index (χ2n) is 4.75. The molecule has 0 bridgehead atoms. The molecule has 1 aromatic heterocycles. The zero-order valence-electron chi connectivity index (χ0n) is 10.1. The summed E-state index contributed by atoms with van der Waals surface area (Å²) in [6, 6.07) is -0.113. The second kappa shape index (κ2) is 3.66. The Bertz CT molecular complexity index is 819. The lowest BCUT2D eigenvalue weighted by Crippen LogP contribution is -2.31. The number of H-pyrrole nitrogens is 1. The van der Waals surface area contributed by atoms with Crippen LogP contribution in [0.1, 0.15) is 24.4 Å². The molecule has 3 rings (SSSR count). The predicted octanol–water partition coefficient (Wildman–Crippen LogP) is 1.19. The summed E-state index contributed by atoms with van der Waals surface area (Å²) >= 11 is 0. The van der Waals surface area contributed by atoms with Crippen molar-refractivity contribution in [3.63, 3.8) is 0 Å². The Morgan fingerprint density at radius 1 is 1.26 bits per heavy atom. The molecule has 0 amide bonds. The van der Waals surface area contributed by atoms with E-state index in [9.17, 15) is 18.4 Å². The van der Waals surface area contributed by atoms with Crippen LogP contribution >= 0.6 is 0 Å². The zero-order valence-corrected chi connectivity index (χ0v) is 10.1. The van der Waals surface area contributed by atoms with Crippen LogP contribution in [-0.4, -0.2) is 9.55 Å². The van der Waals surface area contributed by atoms with Gasteiger partial charge >= 0.3 is 5.69 Å². The van der Waals surface area contributed by atoms with Gasteiger partial charge in [-0.15, -0.1) is 0 Å². The minimum absolute atomic E-state index is 0.00681. The number of halogens is 2. The molecule has 1 aromatic carbocycles. The summed E-state index contributed by atoms with van der Waals surface area (Å²) in [7, 11) is 0. The number of fused-ring (bicyclic) bond motifs is 1. The Hall–Kier alpha value is -2.18. The molecule has 100 valence electrons. The number of aromatic nitrogens is 2. The lowest BCUT2D eigenvalue weighted by Gasteiger charge is -2.13. The minimum Gasteiger partial charge on any atom is -0.395 e. The zero-order chi connectivity index (χ0) is 13.9. The molecule has 5 nitrogen and oxygen atoms in total. The summed E-state index contributed by atoms with van der Waals surface area (Å²) < 4.78 is 28.6. The first-order valence-corrected chi connectivity index (χ1v) is 5.85. The van der Waals surface area contributed by atoms with Crippen molar-refractivity contribution in [3.8, 4) is 0 Å². The van der Waals surface area contributed by atoms with Crippen molar-refractivity contribution >= 4 is 16.6 Å². The summed E-state index contributed by atoms with van der Waals surface area (Å²) in [6.07, 6.45) is 1.50. The number of aromatic amines is 1. The van der Waals surface area contributed by atoms with E-state index < -0.39 is 28.6 Å². The van der Waals surface area contributed by atoms with Crippen molar-refractivity contribution in [2.75, 3.05) is 5.73 Å². The number of nitrogens with two attached hydrogens (primary N) is 1. The van der Waals surface area contributed by atoms with E-state index in [2.05, 4.69) is 4.98 Å². The number of nitrogens with zero attached hydrogens (tertiary/aromatic N) is 1. The second-order valence-corrected chi connectivity index (χ2v) is 4.75. The molecule has 7 heteroatoms. The van der Waals surface area contributed by atoms with E-state index in [1.807, 2.05) is 0 Å². The topological polar surface area (TPSA) is 80.9 Å². The Morgan fingerprint density at radius 3 is 2.47 bits per heavy atom. The highest BCUT2D eigenvalue weighted by molar-refractivity contribution is 5.92. The number of anilines is 1. The number of rotatable bonds is 1. The van der Waals surface area contributed by atoms with E-state index in [1.165, 1.54) is 11.5 Å². The van der Waals surface area contributed by atoms with E-state index in [0.717, 1.165) is 12.8 Å². The van der Waals surface area contributed by atoms with Crippen LogP contribution in [0.2, 0.25) is 0 Å². The fourth-order valence-electron chi connectivity index (χ4n) is 2.34. The number of hydrogen-bond donors (Lipinski definition) is 2. The molecule has 1 aliphatic carbocycles. The first kappa shape index (κ1) is 11.9. The van der Waals surface area contributed by atoms with Gasteiger partial charge in [-0.1, -0.05) is 0 Å². The Kier molecular flexibility index (Phi) is 2.29. The average molecular weight is 267 g/mol. The lowest BCUT2D eigenvalue weighted by atomic mass is 10.1. The van der Waals surface area contributed by atoms with E-state index in [-0.39, 0.29) is 22.5 Å². The molecule has 19 heavy (non-hydrogen) atoms. The molecule has 0 atom stereocenters. The first-order chi connectivity index (χ1) is 8.93. The Balaban J connectivity index is 2.65. The molecule has 1 fully saturated rings. The summed E-state index contributed by atoms with van der Waals surface area (Å²) in [5.74, 6) is -2.37. The summed E-state index contributed by atoms with van der Waals surface area (Å²) in [4.78, 5) is 25.8. The molecular formula is C12H11F2N3O2. The third-order valence-electron chi connectivity index (χ3n) is 3.44. The molecule has 1 saturated carbocycles. The molecule has 0 radical (unpaired) electrons. The van der Waals surface area contributed by atoms with E-state index in [1.54, 1.807) is 0 Å². The van der Waals surface area contributed by atoms with Gasteiger partial charge in [0.05, 0.1) is 16.6 Å². The molecule has 1 aliphatic rings. The van der Waals surface area contributed by atoms with Crippen LogP contribution in [0.3, 0.4) is 0 Å². The van der Waals surface area contributed by atoms with Gasteiger partial charge in [-0.2, -0.15) is 0 Å². The highest BCUT2D eigenvalue weighted by atomic mass is 19.2. The standard InChI is InChI=1S/C12H11F2N3O2/c1-4-6-10(9(15)8(14)7(4)13)17(5-2-3-5)12(19)16-11(6)18/h5H,2-3,15H2,1H3,(H,16,18,19). The van der Waals surface area contributed by atoms with Gasteiger partial charge in [0.2, 0.25) is 0 Å².